The van der Waals surface area contributed by atoms with E-state index in [9.17, 15) is 25.2 Å². The molecule has 0 saturated carbocycles. The van der Waals surface area contributed by atoms with Crippen molar-refractivity contribution in [3.63, 3.8) is 0 Å². The van der Waals surface area contributed by atoms with Gasteiger partial charge < -0.3 is 44.7 Å². The molecule has 2 aromatic rings. The SMILES string of the molecule is COC(=O)[C@H]1O[C@@H](Oc2ccc(OCC(O)CNC(C)C)c3ccccc23)[C@H](O)[C@@H](O)[C@@H]1O. The zero-order valence-corrected chi connectivity index (χ0v) is 18.7. The number of nitrogens with one attached hydrogen (secondary N) is 1. The van der Waals surface area contributed by atoms with Gasteiger partial charge in [0.2, 0.25) is 6.29 Å². The number of fused-ring (bicyclic) bond motifs is 1. The Bertz CT molecular complexity index is 937. The number of carbonyl (C=O) groups is 1. The second kappa shape index (κ2) is 11.1. The Labute approximate surface area is 191 Å². The Kier molecular flexibility index (Phi) is 8.46. The number of hydrogen-bond donors (Lipinski definition) is 5. The molecule has 182 valence electrons. The maximum absolute atomic E-state index is 11.9. The monoisotopic (exact) mass is 465 g/mol. The van der Waals surface area contributed by atoms with Crippen molar-refractivity contribution in [1.29, 1.82) is 0 Å². The molecule has 0 amide bonds. The van der Waals surface area contributed by atoms with E-state index >= 15 is 0 Å². The fourth-order valence-electron chi connectivity index (χ4n) is 3.47. The van der Waals surface area contributed by atoms with E-state index in [1.807, 2.05) is 26.0 Å². The Balaban J connectivity index is 1.79. The number of hydrogen-bond acceptors (Lipinski definition) is 10. The van der Waals surface area contributed by atoms with Crippen LogP contribution in [0.15, 0.2) is 36.4 Å². The standard InChI is InChI=1S/C23H31NO9/c1-12(2)24-10-13(25)11-31-16-8-9-17(15-7-5-4-6-14(15)16)32-23-20(28)18(26)19(27)21(33-23)22(29)30-3/h4-9,12-13,18-21,23-28H,10-11H2,1-3H3/t13?,18-,19-,20+,21-,23+/m0/s1. The summed E-state index contributed by atoms with van der Waals surface area (Å²) in [6.45, 7) is 4.45. The number of aliphatic hydroxyl groups excluding tert-OH is 4. The van der Waals surface area contributed by atoms with Crippen LogP contribution in [0.2, 0.25) is 0 Å². The molecule has 2 aromatic carbocycles. The molecule has 0 radical (unpaired) electrons. The Morgan fingerprint density at radius 2 is 1.67 bits per heavy atom. The van der Waals surface area contributed by atoms with E-state index in [0.29, 0.717) is 28.8 Å². The van der Waals surface area contributed by atoms with Gasteiger partial charge >= 0.3 is 5.97 Å². The summed E-state index contributed by atoms with van der Waals surface area (Å²) in [5.41, 5.74) is 0. The van der Waals surface area contributed by atoms with Gasteiger partial charge in [0.15, 0.2) is 6.10 Å². The molecule has 5 N–H and O–H groups in total. The molecule has 1 aliphatic heterocycles. The van der Waals surface area contributed by atoms with Gasteiger partial charge in [-0.05, 0) is 12.1 Å². The fourth-order valence-corrected chi connectivity index (χ4v) is 3.47. The number of carbonyl (C=O) groups excluding carboxylic acids is 1. The van der Waals surface area contributed by atoms with E-state index in [0.717, 1.165) is 7.11 Å². The molecule has 33 heavy (non-hydrogen) atoms. The number of aliphatic hydroxyl groups is 4. The molecule has 0 spiro atoms. The van der Waals surface area contributed by atoms with Crippen molar-refractivity contribution in [2.45, 2.75) is 56.7 Å². The lowest BCUT2D eigenvalue weighted by Gasteiger charge is -2.39. The quantitative estimate of drug-likeness (QED) is 0.319. The van der Waals surface area contributed by atoms with Gasteiger partial charge in [0.1, 0.15) is 42.5 Å². The topological polar surface area (TPSA) is 147 Å². The second-order valence-electron chi connectivity index (χ2n) is 8.17. The Morgan fingerprint density at radius 1 is 1.03 bits per heavy atom. The molecule has 0 aliphatic carbocycles. The fraction of sp³-hybridized carbons (Fsp3) is 0.522. The van der Waals surface area contributed by atoms with Crippen LogP contribution < -0.4 is 14.8 Å². The molecule has 3 rings (SSSR count). The molecule has 0 bridgehead atoms. The van der Waals surface area contributed by atoms with Gasteiger partial charge in [0.05, 0.1) is 7.11 Å². The maximum Gasteiger partial charge on any atom is 0.337 e. The summed E-state index contributed by atoms with van der Waals surface area (Å²) in [5.74, 6) is -0.0769. The number of ether oxygens (including phenoxy) is 4. The van der Waals surface area contributed by atoms with Gasteiger partial charge in [-0.1, -0.05) is 38.1 Å². The average molecular weight is 465 g/mol. The third kappa shape index (κ3) is 5.91. The highest BCUT2D eigenvalue weighted by Gasteiger charge is 2.48. The first-order valence-electron chi connectivity index (χ1n) is 10.7. The zero-order valence-electron chi connectivity index (χ0n) is 18.7. The summed E-state index contributed by atoms with van der Waals surface area (Å²) in [6, 6.07) is 10.7. The van der Waals surface area contributed by atoms with Gasteiger partial charge in [-0.3, -0.25) is 0 Å². The second-order valence-corrected chi connectivity index (χ2v) is 8.17. The highest BCUT2D eigenvalue weighted by atomic mass is 16.7. The molecular formula is C23H31NO9. The van der Waals surface area contributed by atoms with Crippen LogP contribution in [0.4, 0.5) is 0 Å². The highest BCUT2D eigenvalue weighted by molar-refractivity contribution is 5.93. The summed E-state index contributed by atoms with van der Waals surface area (Å²) < 4.78 is 21.6. The minimum Gasteiger partial charge on any atom is -0.490 e. The Morgan fingerprint density at radius 3 is 2.30 bits per heavy atom. The molecule has 6 atom stereocenters. The molecule has 1 saturated heterocycles. The third-order valence-electron chi connectivity index (χ3n) is 5.28. The van der Waals surface area contributed by atoms with Crippen LogP contribution in [0.25, 0.3) is 10.8 Å². The molecule has 1 fully saturated rings. The Hall–Kier alpha value is -2.47. The molecule has 1 heterocycles. The molecule has 1 aliphatic rings. The van der Waals surface area contributed by atoms with Crippen molar-refractivity contribution in [2.75, 3.05) is 20.3 Å². The predicted octanol–water partition coefficient (Wildman–Crippen LogP) is -0.0631. The van der Waals surface area contributed by atoms with Crippen LogP contribution >= 0.6 is 0 Å². The van der Waals surface area contributed by atoms with Gasteiger partial charge in [0, 0.05) is 23.4 Å². The summed E-state index contributed by atoms with van der Waals surface area (Å²) in [4.78, 5) is 11.9. The number of esters is 1. The first-order chi connectivity index (χ1) is 15.7. The van der Waals surface area contributed by atoms with Crippen LogP contribution in [0.3, 0.4) is 0 Å². The van der Waals surface area contributed by atoms with E-state index in [-0.39, 0.29) is 12.6 Å². The van der Waals surface area contributed by atoms with E-state index in [1.165, 1.54) is 0 Å². The van der Waals surface area contributed by atoms with Crippen LogP contribution in [0, 0.1) is 0 Å². The number of benzene rings is 2. The largest absolute Gasteiger partial charge is 0.490 e. The first kappa shape index (κ1) is 25.2. The normalized spacial score (nSPS) is 26.2. The van der Waals surface area contributed by atoms with Crippen molar-refractivity contribution >= 4 is 16.7 Å². The summed E-state index contributed by atoms with van der Waals surface area (Å²) in [6.07, 6.45) is -8.62. The van der Waals surface area contributed by atoms with Crippen LogP contribution in [0.1, 0.15) is 13.8 Å². The zero-order chi connectivity index (χ0) is 24.1. The maximum atomic E-state index is 11.9. The minimum absolute atomic E-state index is 0.0826. The highest BCUT2D eigenvalue weighted by Crippen LogP contribution is 2.35. The average Bonchev–Trinajstić information content (AvgIpc) is 2.81. The van der Waals surface area contributed by atoms with Gasteiger partial charge in [-0.2, -0.15) is 0 Å². The summed E-state index contributed by atoms with van der Waals surface area (Å²) >= 11 is 0. The number of methoxy groups -OCH3 is 1. The molecular weight excluding hydrogens is 434 g/mol. The minimum atomic E-state index is -1.68. The van der Waals surface area contributed by atoms with Crippen LogP contribution in [-0.2, 0) is 14.3 Å². The van der Waals surface area contributed by atoms with E-state index in [2.05, 4.69) is 10.1 Å². The molecule has 1 unspecified atom stereocenters. The number of rotatable bonds is 9. The van der Waals surface area contributed by atoms with E-state index in [4.69, 9.17) is 14.2 Å². The lowest BCUT2D eigenvalue weighted by Crippen LogP contribution is -2.61. The predicted molar refractivity (Wildman–Crippen MR) is 118 cm³/mol. The third-order valence-corrected chi connectivity index (χ3v) is 5.28. The van der Waals surface area contributed by atoms with E-state index < -0.39 is 42.8 Å². The van der Waals surface area contributed by atoms with Gasteiger partial charge in [-0.25, -0.2) is 4.79 Å². The lowest BCUT2D eigenvalue weighted by atomic mass is 9.99. The lowest BCUT2D eigenvalue weighted by molar-refractivity contribution is -0.271. The van der Waals surface area contributed by atoms with Gasteiger partial charge in [0.25, 0.3) is 0 Å². The first-order valence-corrected chi connectivity index (χ1v) is 10.7. The summed E-state index contributed by atoms with van der Waals surface area (Å²) in [7, 11) is 1.12. The van der Waals surface area contributed by atoms with Crippen molar-refractivity contribution < 1.29 is 44.2 Å². The van der Waals surface area contributed by atoms with Crippen molar-refractivity contribution in [3.05, 3.63) is 36.4 Å². The van der Waals surface area contributed by atoms with Crippen LogP contribution in [0.5, 0.6) is 11.5 Å². The van der Waals surface area contributed by atoms with E-state index in [1.54, 1.807) is 24.3 Å². The van der Waals surface area contributed by atoms with Crippen molar-refractivity contribution in [3.8, 4) is 11.5 Å². The van der Waals surface area contributed by atoms with Crippen molar-refractivity contribution in [1.82, 2.24) is 5.32 Å². The smallest absolute Gasteiger partial charge is 0.337 e. The summed E-state index contributed by atoms with van der Waals surface area (Å²) in [5, 5.41) is 45.1. The van der Waals surface area contributed by atoms with Crippen molar-refractivity contribution in [2.24, 2.45) is 0 Å². The molecule has 10 heteroatoms. The van der Waals surface area contributed by atoms with Crippen LogP contribution in [-0.4, -0.2) is 89.5 Å². The molecule has 10 nitrogen and oxygen atoms in total. The van der Waals surface area contributed by atoms with Gasteiger partial charge in [-0.15, -0.1) is 0 Å². The molecule has 0 aromatic heterocycles.